The molecule has 0 saturated heterocycles. The Morgan fingerprint density at radius 1 is 1.08 bits per heavy atom. The molecule has 0 spiro atoms. The zero-order chi connectivity index (χ0) is 18.1. The Labute approximate surface area is 151 Å². The van der Waals surface area contributed by atoms with Crippen LogP contribution in [0.15, 0.2) is 48.5 Å². The third-order valence-corrected chi connectivity index (χ3v) is 3.51. The summed E-state index contributed by atoms with van der Waals surface area (Å²) in [6.07, 6.45) is 0. The van der Waals surface area contributed by atoms with Gasteiger partial charge in [-0.15, -0.1) is 0 Å². The second-order valence-electron chi connectivity index (χ2n) is 5.24. The third kappa shape index (κ3) is 6.45. The molecule has 0 aliphatic carbocycles. The van der Waals surface area contributed by atoms with Crippen LogP contribution >= 0.6 is 11.6 Å². The van der Waals surface area contributed by atoms with Gasteiger partial charge in [-0.1, -0.05) is 23.7 Å². The Morgan fingerprint density at radius 3 is 2.60 bits per heavy atom. The minimum absolute atomic E-state index is 0.0879. The molecular weight excluding hydrogens is 342 g/mol. The maximum atomic E-state index is 12.0. The topological polar surface area (TPSA) is 79.5 Å². The summed E-state index contributed by atoms with van der Waals surface area (Å²) in [4.78, 5) is 24.0. The van der Waals surface area contributed by atoms with Gasteiger partial charge < -0.3 is 20.7 Å². The summed E-state index contributed by atoms with van der Waals surface area (Å²) < 4.78 is 4.89. The van der Waals surface area contributed by atoms with Gasteiger partial charge in [0.05, 0.1) is 13.2 Å². The van der Waals surface area contributed by atoms with E-state index in [4.69, 9.17) is 16.3 Å². The van der Waals surface area contributed by atoms with Gasteiger partial charge in [0.25, 0.3) is 5.91 Å². The molecule has 0 bridgehead atoms. The Kier molecular flexibility index (Phi) is 7.25. The number of anilines is 2. The van der Waals surface area contributed by atoms with Crippen LogP contribution in [-0.2, 0) is 9.53 Å². The van der Waals surface area contributed by atoms with E-state index in [-0.39, 0.29) is 18.4 Å². The van der Waals surface area contributed by atoms with Gasteiger partial charge in [-0.2, -0.15) is 0 Å². The van der Waals surface area contributed by atoms with Crippen LogP contribution in [0.3, 0.4) is 0 Å². The van der Waals surface area contributed by atoms with Crippen LogP contribution in [0.1, 0.15) is 10.4 Å². The highest BCUT2D eigenvalue weighted by Crippen LogP contribution is 2.15. The molecule has 0 saturated carbocycles. The van der Waals surface area contributed by atoms with Crippen molar-refractivity contribution >= 4 is 34.8 Å². The number of methoxy groups -OCH3 is 1. The maximum Gasteiger partial charge on any atom is 0.251 e. The molecule has 6 nitrogen and oxygen atoms in total. The number of hydrogen-bond acceptors (Lipinski definition) is 4. The normalized spacial score (nSPS) is 10.2. The number of halogens is 1. The molecule has 7 heteroatoms. The average Bonchev–Trinajstić information content (AvgIpc) is 2.60. The van der Waals surface area contributed by atoms with E-state index in [1.807, 2.05) is 6.07 Å². The predicted octanol–water partition coefficient (Wildman–Crippen LogP) is 2.77. The van der Waals surface area contributed by atoms with E-state index in [1.165, 1.54) is 0 Å². The van der Waals surface area contributed by atoms with Gasteiger partial charge in [0.2, 0.25) is 5.91 Å². The standard InChI is InChI=1S/C18H20ClN3O3/c1-25-9-8-20-18(24)13-4-2-7-16(10-13)22-17(23)12-21-15-6-3-5-14(19)11-15/h2-7,10-11,21H,8-9,12H2,1H3,(H,20,24)(H,22,23). The first-order valence-electron chi connectivity index (χ1n) is 7.75. The van der Waals surface area contributed by atoms with Crippen molar-refractivity contribution in [1.82, 2.24) is 5.32 Å². The van der Waals surface area contributed by atoms with E-state index in [0.29, 0.717) is 29.4 Å². The van der Waals surface area contributed by atoms with Crippen molar-refractivity contribution < 1.29 is 14.3 Å². The molecule has 25 heavy (non-hydrogen) atoms. The van der Waals surface area contributed by atoms with Crippen LogP contribution in [0.4, 0.5) is 11.4 Å². The monoisotopic (exact) mass is 361 g/mol. The van der Waals surface area contributed by atoms with Gasteiger partial charge in [-0.05, 0) is 36.4 Å². The fraction of sp³-hybridized carbons (Fsp3) is 0.222. The van der Waals surface area contributed by atoms with Crippen molar-refractivity contribution in [3.63, 3.8) is 0 Å². The molecule has 2 amide bonds. The van der Waals surface area contributed by atoms with Crippen LogP contribution in [0.5, 0.6) is 0 Å². The van der Waals surface area contributed by atoms with Gasteiger partial charge in [-0.25, -0.2) is 0 Å². The van der Waals surface area contributed by atoms with Crippen molar-refractivity contribution in [3.05, 3.63) is 59.1 Å². The number of hydrogen-bond donors (Lipinski definition) is 3. The lowest BCUT2D eigenvalue weighted by atomic mass is 10.2. The molecule has 0 aliphatic heterocycles. The van der Waals surface area contributed by atoms with Crippen LogP contribution < -0.4 is 16.0 Å². The average molecular weight is 362 g/mol. The summed E-state index contributed by atoms with van der Waals surface area (Å²) in [5, 5.41) is 9.06. The number of amides is 2. The summed E-state index contributed by atoms with van der Waals surface area (Å²) in [6, 6.07) is 13.9. The van der Waals surface area contributed by atoms with Gasteiger partial charge in [0.1, 0.15) is 0 Å². The maximum absolute atomic E-state index is 12.0. The largest absolute Gasteiger partial charge is 0.383 e. The molecule has 0 heterocycles. The number of ether oxygens (including phenoxy) is 1. The van der Waals surface area contributed by atoms with Crippen molar-refractivity contribution in [2.45, 2.75) is 0 Å². The van der Waals surface area contributed by atoms with Crippen LogP contribution in [0.25, 0.3) is 0 Å². The van der Waals surface area contributed by atoms with Gasteiger partial charge >= 0.3 is 0 Å². The van der Waals surface area contributed by atoms with Crippen LogP contribution in [0, 0.1) is 0 Å². The fourth-order valence-corrected chi connectivity index (χ4v) is 2.28. The van der Waals surface area contributed by atoms with Crippen molar-refractivity contribution in [3.8, 4) is 0 Å². The number of benzene rings is 2. The lowest BCUT2D eigenvalue weighted by Gasteiger charge is -2.10. The van der Waals surface area contributed by atoms with Gasteiger partial charge in [0, 0.05) is 35.6 Å². The SMILES string of the molecule is COCCNC(=O)c1cccc(NC(=O)CNc2cccc(Cl)c2)c1. The zero-order valence-corrected chi connectivity index (χ0v) is 14.6. The molecule has 0 unspecified atom stereocenters. The van der Waals surface area contributed by atoms with E-state index in [2.05, 4.69) is 16.0 Å². The van der Waals surface area contributed by atoms with Crippen LogP contribution in [0.2, 0.25) is 5.02 Å². The quantitative estimate of drug-likeness (QED) is 0.632. The van der Waals surface area contributed by atoms with E-state index < -0.39 is 0 Å². The van der Waals surface area contributed by atoms with Crippen molar-refractivity contribution in [2.24, 2.45) is 0 Å². The van der Waals surface area contributed by atoms with Crippen LogP contribution in [-0.4, -0.2) is 38.6 Å². The first-order chi connectivity index (χ1) is 12.1. The van der Waals surface area contributed by atoms with E-state index in [1.54, 1.807) is 49.6 Å². The number of carbonyl (C=O) groups is 2. The molecule has 0 aromatic heterocycles. The highest BCUT2D eigenvalue weighted by molar-refractivity contribution is 6.30. The lowest BCUT2D eigenvalue weighted by molar-refractivity contribution is -0.114. The molecule has 2 rings (SSSR count). The molecule has 2 aromatic carbocycles. The molecule has 3 N–H and O–H groups in total. The smallest absolute Gasteiger partial charge is 0.251 e. The van der Waals surface area contributed by atoms with Crippen molar-refractivity contribution in [1.29, 1.82) is 0 Å². The fourth-order valence-electron chi connectivity index (χ4n) is 2.09. The first kappa shape index (κ1) is 18.8. The Morgan fingerprint density at radius 2 is 1.84 bits per heavy atom. The molecular formula is C18H20ClN3O3. The highest BCUT2D eigenvalue weighted by atomic mass is 35.5. The molecule has 2 aromatic rings. The Bertz CT molecular complexity index is 737. The summed E-state index contributed by atoms with van der Waals surface area (Å²) in [5.41, 5.74) is 1.78. The summed E-state index contributed by atoms with van der Waals surface area (Å²) in [6.45, 7) is 0.956. The van der Waals surface area contributed by atoms with E-state index in [0.717, 1.165) is 5.69 Å². The highest BCUT2D eigenvalue weighted by Gasteiger charge is 2.07. The lowest BCUT2D eigenvalue weighted by Crippen LogP contribution is -2.27. The molecule has 0 atom stereocenters. The van der Waals surface area contributed by atoms with E-state index >= 15 is 0 Å². The van der Waals surface area contributed by atoms with Gasteiger partial charge in [-0.3, -0.25) is 9.59 Å². The number of rotatable bonds is 8. The molecule has 0 fully saturated rings. The minimum Gasteiger partial charge on any atom is -0.383 e. The minimum atomic E-state index is -0.225. The number of carbonyl (C=O) groups excluding carboxylic acids is 2. The Balaban J connectivity index is 1.88. The second kappa shape index (κ2) is 9.66. The third-order valence-electron chi connectivity index (χ3n) is 3.28. The summed E-state index contributed by atoms with van der Waals surface area (Å²) in [5.74, 6) is -0.442. The Hall–Kier alpha value is -2.57. The first-order valence-corrected chi connectivity index (χ1v) is 8.13. The summed E-state index contributed by atoms with van der Waals surface area (Å²) >= 11 is 5.90. The van der Waals surface area contributed by atoms with E-state index in [9.17, 15) is 9.59 Å². The second-order valence-corrected chi connectivity index (χ2v) is 5.68. The predicted molar refractivity (Wildman–Crippen MR) is 99.2 cm³/mol. The summed E-state index contributed by atoms with van der Waals surface area (Å²) in [7, 11) is 1.57. The van der Waals surface area contributed by atoms with Crippen molar-refractivity contribution in [2.75, 3.05) is 37.4 Å². The zero-order valence-electron chi connectivity index (χ0n) is 13.8. The number of nitrogens with one attached hydrogen (secondary N) is 3. The molecule has 0 radical (unpaired) electrons. The van der Waals surface area contributed by atoms with Gasteiger partial charge in [0.15, 0.2) is 0 Å². The molecule has 0 aliphatic rings. The molecule has 132 valence electrons.